The van der Waals surface area contributed by atoms with Crippen molar-refractivity contribution in [2.75, 3.05) is 18.0 Å². The molecule has 2 heterocycles. The Kier molecular flexibility index (Phi) is 7.53. The minimum Gasteiger partial charge on any atom is -0.478 e. The molecule has 1 aliphatic carbocycles. The summed E-state index contributed by atoms with van der Waals surface area (Å²) in [6.45, 7) is 5.41. The van der Waals surface area contributed by atoms with Crippen molar-refractivity contribution in [3.8, 4) is 17.1 Å². The molecule has 190 valence electrons. The summed E-state index contributed by atoms with van der Waals surface area (Å²) < 4.78 is 39.2. The summed E-state index contributed by atoms with van der Waals surface area (Å²) in [5, 5.41) is 0. The van der Waals surface area contributed by atoms with Crippen molar-refractivity contribution in [1.82, 2.24) is 15.0 Å². The van der Waals surface area contributed by atoms with Crippen LogP contribution in [0.25, 0.3) is 11.3 Å². The van der Waals surface area contributed by atoms with E-state index in [1.165, 1.54) is 50.0 Å². The van der Waals surface area contributed by atoms with Gasteiger partial charge in [0.15, 0.2) is 0 Å². The van der Waals surface area contributed by atoms with E-state index in [4.69, 9.17) is 9.47 Å². The van der Waals surface area contributed by atoms with Gasteiger partial charge in [-0.25, -0.2) is 23.2 Å². The number of benzene rings is 1. The molecule has 2 aromatic heterocycles. The number of anilines is 1. The van der Waals surface area contributed by atoms with Gasteiger partial charge in [-0.2, -0.15) is 0 Å². The van der Waals surface area contributed by atoms with Crippen LogP contribution in [0.1, 0.15) is 37.9 Å². The van der Waals surface area contributed by atoms with Gasteiger partial charge in [-0.1, -0.05) is 38.1 Å². The Bertz CT molecular complexity index is 1340. The molecule has 0 N–H and O–H groups in total. The van der Waals surface area contributed by atoms with Crippen LogP contribution in [0.15, 0.2) is 53.7 Å². The van der Waals surface area contributed by atoms with Crippen LogP contribution < -0.4 is 9.04 Å². The van der Waals surface area contributed by atoms with Gasteiger partial charge in [0.25, 0.3) is 15.9 Å². The third-order valence-corrected chi connectivity index (χ3v) is 7.36. The number of pyridine rings is 1. The van der Waals surface area contributed by atoms with E-state index in [2.05, 4.69) is 15.0 Å². The topological polar surface area (TPSA) is 112 Å². The number of hydrogen-bond acceptors (Lipinski definition) is 8. The van der Waals surface area contributed by atoms with E-state index in [1.807, 2.05) is 38.1 Å². The Hall–Kier alpha value is -3.53. The van der Waals surface area contributed by atoms with E-state index >= 15 is 0 Å². The van der Waals surface area contributed by atoms with Crippen molar-refractivity contribution in [2.24, 2.45) is 11.8 Å². The highest BCUT2D eigenvalue weighted by Gasteiger charge is 2.38. The first-order valence-corrected chi connectivity index (χ1v) is 13.3. The van der Waals surface area contributed by atoms with Gasteiger partial charge in [-0.15, -0.1) is 4.31 Å². The SMILES string of the molecule is COc1nc(C)cnc1N(C(=O)OCC(C)C)S(=O)(=O)c1cccnc1-c1ccc(CC2CC2)cc1. The van der Waals surface area contributed by atoms with Gasteiger partial charge in [-0.05, 0) is 55.7 Å². The monoisotopic (exact) mass is 510 g/mol. The number of hydrogen-bond donors (Lipinski definition) is 0. The molecule has 0 aliphatic heterocycles. The predicted octanol–water partition coefficient (Wildman–Crippen LogP) is 4.80. The molecule has 0 radical (unpaired) electrons. The molecule has 1 fully saturated rings. The van der Waals surface area contributed by atoms with Crippen LogP contribution in [0.2, 0.25) is 0 Å². The Morgan fingerprint density at radius 1 is 1.14 bits per heavy atom. The van der Waals surface area contributed by atoms with Gasteiger partial charge < -0.3 is 9.47 Å². The normalized spacial score (nSPS) is 13.5. The maximum Gasteiger partial charge on any atom is 0.430 e. The number of rotatable bonds is 9. The number of sulfonamides is 1. The highest BCUT2D eigenvalue weighted by molar-refractivity contribution is 7.93. The van der Waals surface area contributed by atoms with Crippen LogP contribution in [0.4, 0.5) is 10.6 Å². The van der Waals surface area contributed by atoms with Crippen LogP contribution in [0.3, 0.4) is 0 Å². The zero-order valence-electron chi connectivity index (χ0n) is 20.8. The van der Waals surface area contributed by atoms with Crippen LogP contribution in [0.5, 0.6) is 5.88 Å². The molecule has 1 amide bonds. The molecule has 1 aromatic carbocycles. The predicted molar refractivity (Wildman–Crippen MR) is 135 cm³/mol. The van der Waals surface area contributed by atoms with Gasteiger partial charge in [0.2, 0.25) is 5.82 Å². The fourth-order valence-electron chi connectivity index (χ4n) is 3.69. The standard InChI is InChI=1S/C26H30N4O5S/c1-17(2)16-35-26(31)30(24-25(34-4)29-18(3)15-28-24)36(32,33)22-6-5-13-27-23(22)21-11-9-20(10-12-21)14-19-7-8-19/h5-6,9-13,15,17,19H,7-8,14,16H2,1-4H3. The largest absolute Gasteiger partial charge is 0.478 e. The minimum absolute atomic E-state index is 0.00684. The maximum atomic E-state index is 14.0. The first-order valence-electron chi connectivity index (χ1n) is 11.8. The number of carbonyl (C=O) groups excluding carboxylic acids is 1. The third kappa shape index (κ3) is 5.64. The first kappa shape index (κ1) is 25.6. The van der Waals surface area contributed by atoms with Crippen molar-refractivity contribution in [3.63, 3.8) is 0 Å². The molecule has 0 saturated heterocycles. The van der Waals surface area contributed by atoms with Gasteiger partial charge >= 0.3 is 6.09 Å². The van der Waals surface area contributed by atoms with Crippen molar-refractivity contribution in [2.45, 2.75) is 44.9 Å². The summed E-state index contributed by atoms with van der Waals surface area (Å²) in [6, 6.07) is 10.6. The smallest absolute Gasteiger partial charge is 0.430 e. The molecular weight excluding hydrogens is 480 g/mol. The van der Waals surface area contributed by atoms with Crippen molar-refractivity contribution in [3.05, 3.63) is 60.0 Å². The maximum absolute atomic E-state index is 14.0. The molecule has 10 heteroatoms. The zero-order chi connectivity index (χ0) is 25.9. The Balaban J connectivity index is 1.79. The van der Waals surface area contributed by atoms with Crippen molar-refractivity contribution < 1.29 is 22.7 Å². The summed E-state index contributed by atoms with van der Waals surface area (Å²) >= 11 is 0. The number of aromatic nitrogens is 3. The van der Waals surface area contributed by atoms with E-state index in [0.717, 1.165) is 12.3 Å². The summed E-state index contributed by atoms with van der Waals surface area (Å²) in [4.78, 5) is 25.8. The van der Waals surface area contributed by atoms with E-state index in [-0.39, 0.29) is 34.8 Å². The van der Waals surface area contributed by atoms with Crippen molar-refractivity contribution in [1.29, 1.82) is 0 Å². The molecule has 3 aromatic rings. The quantitative estimate of drug-likeness (QED) is 0.404. The minimum atomic E-state index is -4.53. The van der Waals surface area contributed by atoms with Gasteiger partial charge in [0.05, 0.1) is 31.3 Å². The van der Waals surface area contributed by atoms with Crippen LogP contribution in [-0.4, -0.2) is 43.2 Å². The average Bonchev–Trinajstić information content (AvgIpc) is 3.68. The van der Waals surface area contributed by atoms with Crippen molar-refractivity contribution >= 4 is 21.9 Å². The second kappa shape index (κ2) is 10.6. The zero-order valence-corrected chi connectivity index (χ0v) is 21.7. The summed E-state index contributed by atoms with van der Waals surface area (Å²) in [6.07, 6.45) is 5.28. The number of methoxy groups -OCH3 is 1. The Morgan fingerprint density at radius 3 is 2.50 bits per heavy atom. The molecule has 0 unspecified atom stereocenters. The summed E-state index contributed by atoms with van der Waals surface area (Å²) in [5.74, 6) is 0.326. The molecule has 0 bridgehead atoms. The number of amides is 1. The van der Waals surface area contributed by atoms with E-state index in [1.54, 1.807) is 6.92 Å². The lowest BCUT2D eigenvalue weighted by molar-refractivity contribution is 0.143. The summed E-state index contributed by atoms with van der Waals surface area (Å²) in [5.41, 5.74) is 2.53. The van der Waals surface area contributed by atoms with Gasteiger partial charge in [-0.3, -0.25) is 4.98 Å². The Morgan fingerprint density at radius 2 is 1.86 bits per heavy atom. The molecule has 36 heavy (non-hydrogen) atoms. The second-order valence-corrected chi connectivity index (χ2v) is 11.0. The van der Waals surface area contributed by atoms with Crippen LogP contribution in [-0.2, 0) is 21.2 Å². The third-order valence-electron chi connectivity index (χ3n) is 5.67. The fourth-order valence-corrected chi connectivity index (χ4v) is 5.15. The van der Waals surface area contributed by atoms with Gasteiger partial charge in [0.1, 0.15) is 4.90 Å². The first-order chi connectivity index (χ1) is 17.2. The van der Waals surface area contributed by atoms with E-state index in [9.17, 15) is 13.2 Å². The molecule has 9 nitrogen and oxygen atoms in total. The average molecular weight is 511 g/mol. The lowest BCUT2D eigenvalue weighted by atomic mass is 10.0. The fraction of sp³-hybridized carbons (Fsp3) is 0.385. The number of ether oxygens (including phenoxy) is 2. The molecular formula is C26H30N4O5S. The Labute approximate surface area is 211 Å². The summed E-state index contributed by atoms with van der Waals surface area (Å²) in [7, 11) is -3.20. The molecule has 0 spiro atoms. The van der Waals surface area contributed by atoms with Crippen LogP contribution >= 0.6 is 0 Å². The highest BCUT2D eigenvalue weighted by atomic mass is 32.2. The number of aryl methyl sites for hydroxylation is 1. The lowest BCUT2D eigenvalue weighted by Crippen LogP contribution is -2.39. The van der Waals surface area contributed by atoms with E-state index in [0.29, 0.717) is 15.6 Å². The molecule has 4 rings (SSSR count). The molecule has 0 atom stereocenters. The number of carbonyl (C=O) groups is 1. The van der Waals surface area contributed by atoms with Crippen LogP contribution in [0, 0.1) is 18.8 Å². The second-order valence-electron chi connectivity index (χ2n) is 9.28. The molecule has 1 saturated carbocycles. The van der Waals surface area contributed by atoms with Gasteiger partial charge in [0, 0.05) is 11.8 Å². The van der Waals surface area contributed by atoms with E-state index < -0.39 is 16.1 Å². The lowest BCUT2D eigenvalue weighted by Gasteiger charge is -2.23. The highest BCUT2D eigenvalue weighted by Crippen LogP contribution is 2.35. The molecule has 1 aliphatic rings. The number of nitrogens with zero attached hydrogens (tertiary/aromatic N) is 4.